The fourth-order valence-electron chi connectivity index (χ4n) is 1.49. The van der Waals surface area contributed by atoms with Crippen molar-refractivity contribution in [3.63, 3.8) is 0 Å². The van der Waals surface area contributed by atoms with Crippen molar-refractivity contribution in [3.8, 4) is 0 Å². The van der Waals surface area contributed by atoms with E-state index in [9.17, 15) is 0 Å². The summed E-state index contributed by atoms with van der Waals surface area (Å²) in [6, 6.07) is 1.79. The smallest absolute Gasteiger partial charge is 0.222 e. The summed E-state index contributed by atoms with van der Waals surface area (Å²) in [4.78, 5) is 8.12. The van der Waals surface area contributed by atoms with Gasteiger partial charge in [0.25, 0.3) is 0 Å². The summed E-state index contributed by atoms with van der Waals surface area (Å²) >= 11 is 0. The zero-order valence-corrected chi connectivity index (χ0v) is 8.77. The van der Waals surface area contributed by atoms with Crippen molar-refractivity contribution in [1.82, 2.24) is 9.97 Å². The van der Waals surface area contributed by atoms with Gasteiger partial charge in [0.1, 0.15) is 0 Å². The van der Waals surface area contributed by atoms with Gasteiger partial charge in [-0.05, 0) is 13.0 Å². The minimum Gasteiger partial charge on any atom is -0.354 e. The lowest BCUT2D eigenvalue weighted by Crippen LogP contribution is -2.28. The Hall–Kier alpha value is -1.20. The van der Waals surface area contributed by atoms with Gasteiger partial charge in [0, 0.05) is 25.4 Å². The van der Waals surface area contributed by atoms with Crippen molar-refractivity contribution < 1.29 is 9.47 Å². The summed E-state index contributed by atoms with van der Waals surface area (Å²) in [7, 11) is 0. The molecule has 82 valence electrons. The average molecular weight is 209 g/mol. The predicted molar refractivity (Wildman–Crippen MR) is 55.4 cm³/mol. The van der Waals surface area contributed by atoms with Gasteiger partial charge in [0.15, 0.2) is 5.79 Å². The van der Waals surface area contributed by atoms with Crippen LogP contribution in [0.25, 0.3) is 0 Å². The van der Waals surface area contributed by atoms with Crippen molar-refractivity contribution in [2.75, 3.05) is 25.1 Å². The minimum absolute atomic E-state index is 0.443. The lowest BCUT2D eigenvalue weighted by molar-refractivity contribution is -0.144. The highest BCUT2D eigenvalue weighted by Crippen LogP contribution is 2.21. The van der Waals surface area contributed by atoms with E-state index in [2.05, 4.69) is 15.3 Å². The lowest BCUT2D eigenvalue weighted by Gasteiger charge is -2.21. The predicted octanol–water partition coefficient (Wildman–Crippen LogP) is 1.04. The van der Waals surface area contributed by atoms with E-state index in [4.69, 9.17) is 9.47 Å². The van der Waals surface area contributed by atoms with Crippen LogP contribution in [-0.2, 0) is 9.47 Å². The van der Waals surface area contributed by atoms with Gasteiger partial charge < -0.3 is 14.8 Å². The van der Waals surface area contributed by atoms with Crippen LogP contribution in [0.5, 0.6) is 0 Å². The zero-order valence-electron chi connectivity index (χ0n) is 8.77. The summed E-state index contributed by atoms with van der Waals surface area (Å²) in [5, 5.41) is 3.11. The molecular formula is C10H15N3O2. The Labute approximate surface area is 88.8 Å². The Kier molecular flexibility index (Phi) is 3.13. The number of nitrogens with zero attached hydrogens (tertiary/aromatic N) is 2. The van der Waals surface area contributed by atoms with Gasteiger partial charge in [0.2, 0.25) is 5.95 Å². The average Bonchev–Trinajstić information content (AvgIpc) is 2.67. The molecule has 1 saturated heterocycles. The Balaban J connectivity index is 1.75. The minimum atomic E-state index is -0.443. The summed E-state index contributed by atoms with van der Waals surface area (Å²) < 4.78 is 11.0. The van der Waals surface area contributed by atoms with Crippen LogP contribution in [0.1, 0.15) is 13.3 Å². The van der Waals surface area contributed by atoms with Crippen LogP contribution >= 0.6 is 0 Å². The molecule has 0 atom stereocenters. The standard InChI is InChI=1S/C10H15N3O2/c1-10(14-7-8-15-10)3-6-13-9-11-4-2-5-12-9/h2,4-5H,3,6-8H2,1H3,(H,11,12,13). The van der Waals surface area contributed by atoms with E-state index in [0.717, 1.165) is 13.0 Å². The van der Waals surface area contributed by atoms with Crippen LogP contribution in [0.2, 0.25) is 0 Å². The first-order valence-corrected chi connectivity index (χ1v) is 5.07. The fourth-order valence-corrected chi connectivity index (χ4v) is 1.49. The molecule has 0 aliphatic carbocycles. The van der Waals surface area contributed by atoms with Gasteiger partial charge in [-0.3, -0.25) is 0 Å². The van der Waals surface area contributed by atoms with E-state index >= 15 is 0 Å². The third-order valence-electron chi connectivity index (χ3n) is 2.33. The van der Waals surface area contributed by atoms with E-state index in [0.29, 0.717) is 19.2 Å². The topological polar surface area (TPSA) is 56.3 Å². The van der Waals surface area contributed by atoms with E-state index in [1.165, 1.54) is 0 Å². The molecule has 1 aromatic rings. The molecule has 0 spiro atoms. The molecule has 0 aromatic carbocycles. The molecule has 1 aliphatic heterocycles. The number of nitrogens with one attached hydrogen (secondary N) is 1. The summed E-state index contributed by atoms with van der Waals surface area (Å²) in [6.07, 6.45) is 4.20. The van der Waals surface area contributed by atoms with E-state index < -0.39 is 5.79 Å². The Morgan fingerprint density at radius 3 is 2.67 bits per heavy atom. The quantitative estimate of drug-likeness (QED) is 0.803. The molecule has 0 saturated carbocycles. The molecule has 1 fully saturated rings. The van der Waals surface area contributed by atoms with Gasteiger partial charge in [-0.15, -0.1) is 0 Å². The van der Waals surface area contributed by atoms with Gasteiger partial charge in [-0.25, -0.2) is 9.97 Å². The highest BCUT2D eigenvalue weighted by Gasteiger charge is 2.30. The Morgan fingerprint density at radius 1 is 1.33 bits per heavy atom. The molecule has 1 aromatic heterocycles. The maximum Gasteiger partial charge on any atom is 0.222 e. The largest absolute Gasteiger partial charge is 0.354 e. The number of rotatable bonds is 4. The highest BCUT2D eigenvalue weighted by atomic mass is 16.7. The summed E-state index contributed by atoms with van der Waals surface area (Å²) in [6.45, 7) is 4.05. The molecule has 1 aliphatic rings. The molecule has 0 bridgehead atoms. The number of aromatic nitrogens is 2. The zero-order chi connectivity index (χ0) is 10.6. The normalized spacial score (nSPS) is 19.0. The molecule has 2 heterocycles. The molecule has 0 amide bonds. The molecule has 1 N–H and O–H groups in total. The number of ether oxygens (including phenoxy) is 2. The first-order chi connectivity index (χ1) is 7.29. The van der Waals surface area contributed by atoms with Crippen LogP contribution in [0.4, 0.5) is 5.95 Å². The molecule has 5 heteroatoms. The van der Waals surface area contributed by atoms with Gasteiger partial charge in [-0.1, -0.05) is 0 Å². The third kappa shape index (κ3) is 2.87. The maximum absolute atomic E-state index is 5.48. The molecule has 0 unspecified atom stereocenters. The maximum atomic E-state index is 5.48. The molecule has 5 nitrogen and oxygen atoms in total. The van der Waals surface area contributed by atoms with Crippen molar-refractivity contribution in [3.05, 3.63) is 18.5 Å². The first-order valence-electron chi connectivity index (χ1n) is 5.07. The Bertz CT molecular complexity index is 299. The van der Waals surface area contributed by atoms with Crippen molar-refractivity contribution in [2.24, 2.45) is 0 Å². The number of anilines is 1. The second-order valence-corrected chi connectivity index (χ2v) is 3.58. The third-order valence-corrected chi connectivity index (χ3v) is 2.33. The SMILES string of the molecule is CC1(CCNc2ncccn2)OCCO1. The van der Waals surface area contributed by atoms with Crippen LogP contribution in [0.15, 0.2) is 18.5 Å². The molecule has 2 rings (SSSR count). The van der Waals surface area contributed by atoms with Crippen LogP contribution < -0.4 is 5.32 Å². The Morgan fingerprint density at radius 2 is 2.00 bits per heavy atom. The monoisotopic (exact) mass is 209 g/mol. The molecule has 15 heavy (non-hydrogen) atoms. The van der Waals surface area contributed by atoms with Crippen molar-refractivity contribution in [2.45, 2.75) is 19.1 Å². The second-order valence-electron chi connectivity index (χ2n) is 3.58. The van der Waals surface area contributed by atoms with Gasteiger partial charge in [-0.2, -0.15) is 0 Å². The highest BCUT2D eigenvalue weighted by molar-refractivity contribution is 5.21. The van der Waals surface area contributed by atoms with Gasteiger partial charge in [0.05, 0.1) is 13.2 Å². The van der Waals surface area contributed by atoms with Crippen LogP contribution in [0, 0.1) is 0 Å². The van der Waals surface area contributed by atoms with Crippen LogP contribution in [0.3, 0.4) is 0 Å². The summed E-state index contributed by atoms with van der Waals surface area (Å²) in [5.41, 5.74) is 0. The first kappa shape index (κ1) is 10.3. The summed E-state index contributed by atoms with van der Waals surface area (Å²) in [5.74, 6) is 0.195. The number of hydrogen-bond acceptors (Lipinski definition) is 5. The van der Waals surface area contributed by atoms with E-state index in [1.54, 1.807) is 18.5 Å². The fraction of sp³-hybridized carbons (Fsp3) is 0.600. The van der Waals surface area contributed by atoms with Crippen molar-refractivity contribution >= 4 is 5.95 Å². The molecular weight excluding hydrogens is 194 g/mol. The second kappa shape index (κ2) is 4.55. The van der Waals surface area contributed by atoms with E-state index in [-0.39, 0.29) is 0 Å². The lowest BCUT2D eigenvalue weighted by atomic mass is 10.2. The van der Waals surface area contributed by atoms with Crippen molar-refractivity contribution in [1.29, 1.82) is 0 Å². The van der Waals surface area contributed by atoms with Gasteiger partial charge >= 0.3 is 0 Å². The molecule has 0 radical (unpaired) electrons. The van der Waals surface area contributed by atoms with E-state index in [1.807, 2.05) is 6.92 Å². The number of hydrogen-bond donors (Lipinski definition) is 1. The van der Waals surface area contributed by atoms with Crippen LogP contribution in [-0.4, -0.2) is 35.5 Å².